The third kappa shape index (κ3) is 5.12. The Hall–Kier alpha value is -2.50. The first-order valence-electron chi connectivity index (χ1n) is 5.62. The first-order chi connectivity index (χ1) is 9.02. The Morgan fingerprint density at radius 1 is 1.32 bits per heavy atom. The summed E-state index contributed by atoms with van der Waals surface area (Å²) < 4.78 is 10.6. The normalized spacial score (nSPS) is 10.4. The lowest BCUT2D eigenvalue weighted by atomic mass is 10.2. The highest BCUT2D eigenvalue weighted by Gasteiger charge is 2.07. The van der Waals surface area contributed by atoms with Crippen molar-refractivity contribution in [1.29, 1.82) is 0 Å². The topological polar surface area (TPSA) is 98.8 Å². The van der Waals surface area contributed by atoms with Gasteiger partial charge in [-0.15, -0.1) is 0 Å². The van der Waals surface area contributed by atoms with E-state index in [1.807, 2.05) is 0 Å². The van der Waals surface area contributed by atoms with E-state index in [9.17, 15) is 9.59 Å². The molecule has 1 amide bonds. The van der Waals surface area contributed by atoms with Crippen LogP contribution in [0.4, 0.5) is 0 Å². The summed E-state index contributed by atoms with van der Waals surface area (Å²) in [6.07, 6.45) is 2.46. The predicted octanol–water partition coefficient (Wildman–Crippen LogP) is 1.05. The highest BCUT2D eigenvalue weighted by molar-refractivity contribution is 5.85. The number of benzene rings is 1. The van der Waals surface area contributed by atoms with Gasteiger partial charge in [-0.25, -0.2) is 4.79 Å². The summed E-state index contributed by atoms with van der Waals surface area (Å²) in [7, 11) is 0. The molecule has 0 aliphatic heterocycles. The molecule has 1 rings (SSSR count). The van der Waals surface area contributed by atoms with Crippen LogP contribution in [-0.2, 0) is 9.59 Å². The summed E-state index contributed by atoms with van der Waals surface area (Å²) in [6, 6.07) is 4.87. The van der Waals surface area contributed by atoms with Crippen molar-refractivity contribution in [3.05, 3.63) is 29.8 Å². The van der Waals surface area contributed by atoms with Crippen molar-refractivity contribution in [3.63, 3.8) is 0 Å². The quantitative estimate of drug-likeness (QED) is 0.718. The number of nitrogens with two attached hydrogens (primary N) is 1. The molecule has 0 heterocycles. The lowest BCUT2D eigenvalue weighted by Crippen LogP contribution is -2.20. The van der Waals surface area contributed by atoms with Crippen LogP contribution < -0.4 is 15.2 Å². The lowest BCUT2D eigenvalue weighted by molar-refractivity contribution is -0.131. The number of carbonyl (C=O) groups excluding carboxylic acids is 1. The molecule has 0 unspecified atom stereocenters. The molecule has 0 bridgehead atoms. The SMILES string of the molecule is CCOc1cc(C=CC(=O)O)ccc1OCC(N)=O. The second-order valence-electron chi connectivity index (χ2n) is 3.57. The Kier molecular flexibility index (Phi) is 5.40. The van der Waals surface area contributed by atoms with Gasteiger partial charge in [0.2, 0.25) is 0 Å². The second kappa shape index (κ2) is 7.05. The Bertz CT molecular complexity index is 496. The van der Waals surface area contributed by atoms with E-state index in [-0.39, 0.29) is 6.61 Å². The zero-order chi connectivity index (χ0) is 14.3. The molecule has 0 aliphatic carbocycles. The minimum absolute atomic E-state index is 0.246. The summed E-state index contributed by atoms with van der Waals surface area (Å²) in [5, 5.41) is 8.55. The predicted molar refractivity (Wildman–Crippen MR) is 69.0 cm³/mol. The van der Waals surface area contributed by atoms with Gasteiger partial charge in [-0.3, -0.25) is 4.79 Å². The summed E-state index contributed by atoms with van der Waals surface area (Å²) in [5.41, 5.74) is 5.64. The average molecular weight is 265 g/mol. The van der Waals surface area contributed by atoms with E-state index >= 15 is 0 Å². The van der Waals surface area contributed by atoms with Crippen molar-refractivity contribution in [2.45, 2.75) is 6.92 Å². The van der Waals surface area contributed by atoms with Gasteiger partial charge in [0.05, 0.1) is 6.61 Å². The van der Waals surface area contributed by atoms with Crippen molar-refractivity contribution >= 4 is 18.0 Å². The van der Waals surface area contributed by atoms with E-state index in [0.717, 1.165) is 6.08 Å². The summed E-state index contributed by atoms with van der Waals surface area (Å²) in [4.78, 5) is 21.1. The largest absolute Gasteiger partial charge is 0.490 e. The maximum Gasteiger partial charge on any atom is 0.328 e. The number of carboxylic acids is 1. The van der Waals surface area contributed by atoms with Gasteiger partial charge in [0.15, 0.2) is 18.1 Å². The smallest absolute Gasteiger partial charge is 0.328 e. The molecule has 0 spiro atoms. The molecule has 6 nitrogen and oxygen atoms in total. The van der Waals surface area contributed by atoms with Gasteiger partial charge >= 0.3 is 5.97 Å². The summed E-state index contributed by atoms with van der Waals surface area (Å²) in [5.74, 6) is -0.811. The second-order valence-corrected chi connectivity index (χ2v) is 3.57. The molecule has 102 valence electrons. The van der Waals surface area contributed by atoms with Crippen molar-refractivity contribution in [3.8, 4) is 11.5 Å². The average Bonchev–Trinajstić information content (AvgIpc) is 2.35. The van der Waals surface area contributed by atoms with Crippen LogP contribution in [0, 0.1) is 0 Å². The summed E-state index contributed by atoms with van der Waals surface area (Å²) >= 11 is 0. The number of hydrogen-bond acceptors (Lipinski definition) is 4. The monoisotopic (exact) mass is 265 g/mol. The fourth-order valence-electron chi connectivity index (χ4n) is 1.33. The molecule has 3 N–H and O–H groups in total. The number of aliphatic carboxylic acids is 1. The highest BCUT2D eigenvalue weighted by Crippen LogP contribution is 2.28. The van der Waals surface area contributed by atoms with E-state index in [4.69, 9.17) is 20.3 Å². The Morgan fingerprint density at radius 2 is 2.05 bits per heavy atom. The number of carbonyl (C=O) groups is 2. The zero-order valence-electron chi connectivity index (χ0n) is 10.5. The third-order valence-electron chi connectivity index (χ3n) is 2.06. The Labute approximate surface area is 110 Å². The van der Waals surface area contributed by atoms with Crippen molar-refractivity contribution in [1.82, 2.24) is 0 Å². The maximum absolute atomic E-state index is 10.7. The number of rotatable bonds is 7. The molecule has 0 radical (unpaired) electrons. The van der Waals surface area contributed by atoms with Crippen LogP contribution in [-0.4, -0.2) is 30.2 Å². The Morgan fingerprint density at radius 3 is 2.63 bits per heavy atom. The van der Waals surface area contributed by atoms with E-state index in [1.54, 1.807) is 25.1 Å². The minimum atomic E-state index is -1.04. The van der Waals surface area contributed by atoms with Crippen LogP contribution in [0.3, 0.4) is 0 Å². The van der Waals surface area contributed by atoms with Crippen LogP contribution in [0.15, 0.2) is 24.3 Å². The van der Waals surface area contributed by atoms with E-state index in [1.165, 1.54) is 6.08 Å². The van der Waals surface area contributed by atoms with Crippen molar-refractivity contribution in [2.75, 3.05) is 13.2 Å². The van der Waals surface area contributed by atoms with Gasteiger partial charge < -0.3 is 20.3 Å². The standard InChI is InChI=1S/C13H15NO5/c1-2-18-11-7-9(4-6-13(16)17)3-5-10(11)19-8-12(14)15/h3-7H,2,8H2,1H3,(H2,14,15)(H,16,17). The molecule has 0 aromatic heterocycles. The summed E-state index contributed by atoms with van der Waals surface area (Å²) in [6.45, 7) is 1.97. The molecular weight excluding hydrogens is 250 g/mol. The molecule has 19 heavy (non-hydrogen) atoms. The lowest BCUT2D eigenvalue weighted by Gasteiger charge is -2.11. The molecule has 1 aromatic carbocycles. The fraction of sp³-hybridized carbons (Fsp3) is 0.231. The Balaban J connectivity index is 2.93. The molecule has 0 atom stereocenters. The van der Waals surface area contributed by atoms with Gasteiger partial charge in [-0.1, -0.05) is 6.07 Å². The van der Waals surface area contributed by atoms with Crippen LogP contribution >= 0.6 is 0 Å². The highest BCUT2D eigenvalue weighted by atomic mass is 16.5. The van der Waals surface area contributed by atoms with Gasteiger partial charge in [-0.05, 0) is 30.7 Å². The number of carboxylic acid groups (broad SMARTS) is 1. The zero-order valence-corrected chi connectivity index (χ0v) is 10.5. The number of primary amides is 1. The van der Waals surface area contributed by atoms with Gasteiger partial charge in [0.25, 0.3) is 5.91 Å². The first-order valence-corrected chi connectivity index (χ1v) is 5.62. The van der Waals surface area contributed by atoms with E-state index in [2.05, 4.69) is 0 Å². The van der Waals surface area contributed by atoms with Crippen LogP contribution in [0.25, 0.3) is 6.08 Å². The molecule has 0 saturated carbocycles. The molecular formula is C13H15NO5. The van der Waals surface area contributed by atoms with Crippen molar-refractivity contribution in [2.24, 2.45) is 5.73 Å². The van der Waals surface area contributed by atoms with Crippen LogP contribution in [0.5, 0.6) is 11.5 Å². The minimum Gasteiger partial charge on any atom is -0.490 e. The number of amides is 1. The molecule has 0 aliphatic rings. The van der Waals surface area contributed by atoms with E-state index in [0.29, 0.717) is 23.7 Å². The fourth-order valence-corrected chi connectivity index (χ4v) is 1.33. The number of ether oxygens (including phenoxy) is 2. The van der Waals surface area contributed by atoms with Crippen LogP contribution in [0.2, 0.25) is 0 Å². The first kappa shape index (κ1) is 14.6. The molecule has 1 aromatic rings. The van der Waals surface area contributed by atoms with Gasteiger partial charge in [0, 0.05) is 6.08 Å². The van der Waals surface area contributed by atoms with E-state index < -0.39 is 11.9 Å². The van der Waals surface area contributed by atoms with Gasteiger partial charge in [-0.2, -0.15) is 0 Å². The third-order valence-corrected chi connectivity index (χ3v) is 2.06. The molecule has 6 heteroatoms. The molecule has 0 fully saturated rings. The molecule has 0 saturated heterocycles. The number of hydrogen-bond donors (Lipinski definition) is 2. The van der Waals surface area contributed by atoms with Crippen molar-refractivity contribution < 1.29 is 24.2 Å². The maximum atomic E-state index is 10.7. The van der Waals surface area contributed by atoms with Gasteiger partial charge in [0.1, 0.15) is 0 Å². The van der Waals surface area contributed by atoms with Crippen LogP contribution in [0.1, 0.15) is 12.5 Å².